The summed E-state index contributed by atoms with van der Waals surface area (Å²) in [7, 11) is 0. The molecule has 0 bridgehead atoms. The van der Waals surface area contributed by atoms with Gasteiger partial charge in [0.15, 0.2) is 0 Å². The molecule has 2 aromatic rings. The van der Waals surface area contributed by atoms with Crippen LogP contribution < -0.4 is 0 Å². The van der Waals surface area contributed by atoms with Gasteiger partial charge in [-0.2, -0.15) is 0 Å². The number of benzene rings is 2. The fraction of sp³-hybridized carbons (Fsp3) is 0.333. The van der Waals surface area contributed by atoms with Crippen LogP contribution in [0, 0.1) is 0 Å². The van der Waals surface area contributed by atoms with Crippen molar-refractivity contribution in [3.63, 3.8) is 0 Å². The number of aliphatic hydroxyl groups is 1. The largest absolute Gasteiger partial charge is 0.395 e. The number of hydrogen-bond acceptors (Lipinski definition) is 1. The molecule has 1 N–H and O–H groups in total. The third-order valence-corrected chi connectivity index (χ3v) is 5.26. The van der Waals surface area contributed by atoms with E-state index < -0.39 is 0 Å². The fourth-order valence-electron chi connectivity index (χ4n) is 3.45. The molecule has 1 nitrogen and oxygen atoms in total. The molecule has 3 rings (SSSR count). The minimum atomic E-state index is -0.202. The Kier molecular flexibility index (Phi) is 4.26. The second kappa shape index (κ2) is 6.00. The van der Waals surface area contributed by atoms with Crippen molar-refractivity contribution in [2.75, 3.05) is 6.61 Å². The van der Waals surface area contributed by atoms with Crippen LogP contribution >= 0.6 is 23.2 Å². The van der Waals surface area contributed by atoms with Crippen LogP contribution in [0.25, 0.3) is 0 Å². The van der Waals surface area contributed by atoms with Gasteiger partial charge >= 0.3 is 0 Å². The van der Waals surface area contributed by atoms with Crippen LogP contribution in [0.1, 0.15) is 29.5 Å². The van der Waals surface area contributed by atoms with Crippen LogP contribution in [0.15, 0.2) is 42.5 Å². The van der Waals surface area contributed by atoms with Gasteiger partial charge in [-0.3, -0.25) is 0 Å². The number of aliphatic hydroxyl groups excluding tert-OH is 1. The SMILES string of the molecule is OCC1(Cc2ccc(Cl)c(Cl)c2)CCCc2ccccc21. The molecule has 0 radical (unpaired) electrons. The standard InChI is InChI=1S/C18H18Cl2O/c19-16-8-7-13(10-17(16)20)11-18(12-21)9-3-5-14-4-1-2-6-15(14)18/h1-2,4,6-8,10,21H,3,5,9,11-12H2. The van der Waals surface area contributed by atoms with Crippen molar-refractivity contribution in [3.8, 4) is 0 Å². The summed E-state index contributed by atoms with van der Waals surface area (Å²) in [4.78, 5) is 0. The van der Waals surface area contributed by atoms with Gasteiger partial charge < -0.3 is 5.11 Å². The van der Waals surface area contributed by atoms with E-state index in [1.165, 1.54) is 11.1 Å². The van der Waals surface area contributed by atoms with Gasteiger partial charge in [-0.15, -0.1) is 0 Å². The lowest BCUT2D eigenvalue weighted by molar-refractivity contribution is 0.173. The average molecular weight is 321 g/mol. The third-order valence-electron chi connectivity index (χ3n) is 4.52. The number of fused-ring (bicyclic) bond motifs is 1. The molecule has 1 aliphatic rings. The summed E-state index contributed by atoms with van der Waals surface area (Å²) in [6, 6.07) is 14.2. The van der Waals surface area contributed by atoms with Gasteiger partial charge in [0.05, 0.1) is 16.7 Å². The molecule has 0 saturated heterocycles. The van der Waals surface area contributed by atoms with Crippen LogP contribution in [-0.4, -0.2) is 11.7 Å². The molecule has 0 spiro atoms. The first kappa shape index (κ1) is 14.9. The normalized spacial score (nSPS) is 21.1. The number of aryl methyl sites for hydroxylation is 1. The van der Waals surface area contributed by atoms with Crippen molar-refractivity contribution >= 4 is 23.2 Å². The maximum Gasteiger partial charge on any atom is 0.0595 e. The highest BCUT2D eigenvalue weighted by Crippen LogP contribution is 2.40. The van der Waals surface area contributed by atoms with Crippen molar-refractivity contribution in [2.24, 2.45) is 0 Å². The van der Waals surface area contributed by atoms with E-state index in [0.717, 1.165) is 31.2 Å². The van der Waals surface area contributed by atoms with Crippen molar-refractivity contribution in [1.82, 2.24) is 0 Å². The quantitative estimate of drug-likeness (QED) is 0.861. The van der Waals surface area contributed by atoms with Crippen molar-refractivity contribution in [2.45, 2.75) is 31.1 Å². The van der Waals surface area contributed by atoms with Gasteiger partial charge in [-0.05, 0) is 54.5 Å². The van der Waals surface area contributed by atoms with E-state index >= 15 is 0 Å². The van der Waals surface area contributed by atoms with Crippen LogP contribution in [-0.2, 0) is 18.3 Å². The Labute approximate surface area is 135 Å². The van der Waals surface area contributed by atoms with Crippen LogP contribution in [0.4, 0.5) is 0 Å². The average Bonchev–Trinajstić information content (AvgIpc) is 2.51. The first-order valence-corrected chi connectivity index (χ1v) is 8.03. The summed E-state index contributed by atoms with van der Waals surface area (Å²) in [6.07, 6.45) is 4.00. The second-order valence-corrected chi connectivity index (χ2v) is 6.69. The Hall–Kier alpha value is -1.02. The third kappa shape index (κ3) is 2.83. The highest BCUT2D eigenvalue weighted by Gasteiger charge is 2.36. The fourth-order valence-corrected chi connectivity index (χ4v) is 3.77. The Balaban J connectivity index is 2.00. The topological polar surface area (TPSA) is 20.2 Å². The van der Waals surface area contributed by atoms with Gasteiger partial charge in [0.25, 0.3) is 0 Å². The number of rotatable bonds is 3. The molecule has 0 heterocycles. The van der Waals surface area contributed by atoms with Crippen molar-refractivity contribution in [1.29, 1.82) is 0 Å². The highest BCUT2D eigenvalue weighted by molar-refractivity contribution is 6.42. The summed E-state index contributed by atoms with van der Waals surface area (Å²) in [5.74, 6) is 0. The number of halogens is 2. The molecule has 2 aromatic carbocycles. The zero-order chi connectivity index (χ0) is 14.9. The van der Waals surface area contributed by atoms with E-state index in [-0.39, 0.29) is 12.0 Å². The molecule has 1 atom stereocenters. The lowest BCUT2D eigenvalue weighted by Gasteiger charge is -2.38. The van der Waals surface area contributed by atoms with Crippen molar-refractivity contribution < 1.29 is 5.11 Å². The van der Waals surface area contributed by atoms with E-state index in [9.17, 15) is 5.11 Å². The maximum absolute atomic E-state index is 10.1. The predicted octanol–water partition coefficient (Wildman–Crippen LogP) is 4.80. The molecule has 0 aliphatic heterocycles. The smallest absolute Gasteiger partial charge is 0.0595 e. The molecule has 0 amide bonds. The van der Waals surface area contributed by atoms with Gasteiger partial charge in [0, 0.05) is 5.41 Å². The van der Waals surface area contributed by atoms with E-state index in [4.69, 9.17) is 23.2 Å². The zero-order valence-corrected chi connectivity index (χ0v) is 13.3. The molecular weight excluding hydrogens is 303 g/mol. The summed E-state index contributed by atoms with van der Waals surface area (Å²) < 4.78 is 0. The molecular formula is C18H18Cl2O. The minimum Gasteiger partial charge on any atom is -0.395 e. The van der Waals surface area contributed by atoms with E-state index in [2.05, 4.69) is 24.3 Å². The monoisotopic (exact) mass is 320 g/mol. The molecule has 1 aliphatic carbocycles. The summed E-state index contributed by atoms with van der Waals surface area (Å²) in [5, 5.41) is 11.3. The summed E-state index contributed by atoms with van der Waals surface area (Å²) in [5.41, 5.74) is 3.56. The van der Waals surface area contributed by atoms with Gasteiger partial charge in [0.2, 0.25) is 0 Å². The van der Waals surface area contributed by atoms with Crippen LogP contribution in [0.2, 0.25) is 10.0 Å². The van der Waals surface area contributed by atoms with E-state index in [0.29, 0.717) is 10.0 Å². The zero-order valence-electron chi connectivity index (χ0n) is 11.8. The Morgan fingerprint density at radius 3 is 2.62 bits per heavy atom. The maximum atomic E-state index is 10.1. The lowest BCUT2D eigenvalue weighted by atomic mass is 9.67. The summed E-state index contributed by atoms with van der Waals surface area (Å²) >= 11 is 12.1. The van der Waals surface area contributed by atoms with Gasteiger partial charge in [0.1, 0.15) is 0 Å². The first-order chi connectivity index (χ1) is 10.1. The molecule has 1 unspecified atom stereocenters. The molecule has 0 aromatic heterocycles. The number of hydrogen-bond donors (Lipinski definition) is 1. The molecule has 0 fully saturated rings. The van der Waals surface area contributed by atoms with Gasteiger partial charge in [-0.25, -0.2) is 0 Å². The van der Waals surface area contributed by atoms with Crippen molar-refractivity contribution in [3.05, 3.63) is 69.2 Å². The Morgan fingerprint density at radius 1 is 1.05 bits per heavy atom. The second-order valence-electron chi connectivity index (χ2n) is 5.87. The lowest BCUT2D eigenvalue weighted by Crippen LogP contribution is -2.37. The molecule has 110 valence electrons. The molecule has 21 heavy (non-hydrogen) atoms. The first-order valence-electron chi connectivity index (χ1n) is 7.28. The summed E-state index contributed by atoms with van der Waals surface area (Å²) in [6.45, 7) is 0.157. The van der Waals surface area contributed by atoms with E-state index in [1.54, 1.807) is 0 Å². The molecule has 0 saturated carbocycles. The Bertz CT molecular complexity index is 653. The van der Waals surface area contributed by atoms with Crippen LogP contribution in [0.5, 0.6) is 0 Å². The van der Waals surface area contributed by atoms with Gasteiger partial charge in [-0.1, -0.05) is 53.5 Å². The molecule has 3 heteroatoms. The van der Waals surface area contributed by atoms with Crippen LogP contribution in [0.3, 0.4) is 0 Å². The Morgan fingerprint density at radius 2 is 1.86 bits per heavy atom. The minimum absolute atomic E-state index is 0.157. The van der Waals surface area contributed by atoms with E-state index in [1.807, 2.05) is 18.2 Å². The highest BCUT2D eigenvalue weighted by atomic mass is 35.5. The predicted molar refractivity (Wildman–Crippen MR) is 88.3 cm³/mol.